The first-order valence-corrected chi connectivity index (χ1v) is 7.27. The molecule has 21 heavy (non-hydrogen) atoms. The number of carbonyl (C=O) groups excluding carboxylic acids is 1. The number of likely N-dealkylation sites (N-methyl/N-ethyl adjacent to an activating group) is 1. The molecule has 1 saturated carbocycles. The molecule has 1 atom stereocenters. The van der Waals surface area contributed by atoms with Crippen LogP contribution in [0.4, 0.5) is 0 Å². The molecule has 0 saturated heterocycles. The topological polar surface area (TPSA) is 64.8 Å². The van der Waals surface area contributed by atoms with E-state index in [0.29, 0.717) is 30.4 Å². The summed E-state index contributed by atoms with van der Waals surface area (Å²) in [5.41, 5.74) is 6.71. The average molecular weight is 292 g/mol. The summed E-state index contributed by atoms with van der Waals surface area (Å²) in [6.45, 7) is 0.527. The van der Waals surface area contributed by atoms with Crippen molar-refractivity contribution in [3.05, 3.63) is 23.8 Å². The van der Waals surface area contributed by atoms with Gasteiger partial charge in [0, 0.05) is 19.6 Å². The number of nitrogens with two attached hydrogens (primary N) is 1. The average Bonchev–Trinajstić information content (AvgIpc) is 3.32. The Labute approximate surface area is 126 Å². The minimum absolute atomic E-state index is 0.0876. The van der Waals surface area contributed by atoms with Crippen molar-refractivity contribution < 1.29 is 14.3 Å². The van der Waals surface area contributed by atoms with Crippen LogP contribution in [0.5, 0.6) is 11.5 Å². The van der Waals surface area contributed by atoms with Crippen LogP contribution < -0.4 is 15.2 Å². The van der Waals surface area contributed by atoms with Crippen LogP contribution in [-0.2, 0) is 11.2 Å². The van der Waals surface area contributed by atoms with Crippen molar-refractivity contribution in [1.82, 2.24) is 4.90 Å². The molecule has 0 heterocycles. The quantitative estimate of drug-likeness (QED) is 0.826. The third-order valence-electron chi connectivity index (χ3n) is 4.10. The number of methoxy groups -OCH3 is 2. The lowest BCUT2D eigenvalue weighted by Crippen LogP contribution is -2.43. The maximum absolute atomic E-state index is 12.4. The van der Waals surface area contributed by atoms with E-state index in [4.69, 9.17) is 15.2 Å². The van der Waals surface area contributed by atoms with Gasteiger partial charge in [-0.3, -0.25) is 4.79 Å². The lowest BCUT2D eigenvalue weighted by Gasteiger charge is -2.27. The van der Waals surface area contributed by atoms with Crippen molar-refractivity contribution in [3.8, 4) is 11.5 Å². The maximum atomic E-state index is 12.4. The molecule has 0 bridgehead atoms. The molecule has 0 aliphatic heterocycles. The Bertz CT molecular complexity index is 500. The van der Waals surface area contributed by atoms with E-state index >= 15 is 0 Å². The molecule has 1 aromatic carbocycles. The molecule has 1 aromatic rings. The Hall–Kier alpha value is -1.75. The van der Waals surface area contributed by atoms with Gasteiger partial charge in [-0.05, 0) is 36.5 Å². The van der Waals surface area contributed by atoms with Gasteiger partial charge in [0.2, 0.25) is 5.91 Å². The number of benzene rings is 1. The van der Waals surface area contributed by atoms with Gasteiger partial charge in [0.1, 0.15) is 0 Å². The van der Waals surface area contributed by atoms with E-state index in [-0.39, 0.29) is 11.9 Å². The monoisotopic (exact) mass is 292 g/mol. The zero-order valence-corrected chi connectivity index (χ0v) is 13.0. The second-order valence-electron chi connectivity index (χ2n) is 5.51. The first-order chi connectivity index (χ1) is 10.1. The fourth-order valence-electron chi connectivity index (χ4n) is 2.62. The third-order valence-corrected chi connectivity index (χ3v) is 4.10. The van der Waals surface area contributed by atoms with Crippen LogP contribution in [0.1, 0.15) is 18.4 Å². The molecule has 116 valence electrons. The second kappa shape index (κ2) is 6.80. The van der Waals surface area contributed by atoms with Gasteiger partial charge < -0.3 is 20.1 Å². The number of hydrogen-bond donors (Lipinski definition) is 1. The molecule has 0 aromatic heterocycles. The summed E-state index contributed by atoms with van der Waals surface area (Å²) in [6, 6.07) is 5.72. The molecule has 1 unspecified atom stereocenters. The van der Waals surface area contributed by atoms with E-state index in [1.54, 1.807) is 19.1 Å². The summed E-state index contributed by atoms with van der Waals surface area (Å²) in [7, 11) is 5.03. The fourth-order valence-corrected chi connectivity index (χ4v) is 2.62. The second-order valence-corrected chi connectivity index (χ2v) is 5.51. The molecule has 0 radical (unpaired) electrons. The van der Waals surface area contributed by atoms with E-state index in [9.17, 15) is 4.79 Å². The van der Waals surface area contributed by atoms with Crippen LogP contribution in [-0.4, -0.2) is 44.7 Å². The summed E-state index contributed by atoms with van der Waals surface area (Å²) in [4.78, 5) is 14.2. The Morgan fingerprint density at radius 3 is 2.52 bits per heavy atom. The van der Waals surface area contributed by atoms with Gasteiger partial charge in [-0.25, -0.2) is 0 Å². The third kappa shape index (κ3) is 3.67. The zero-order chi connectivity index (χ0) is 15.4. The molecule has 1 fully saturated rings. The highest BCUT2D eigenvalue weighted by atomic mass is 16.5. The SMILES string of the molecule is COc1ccc(CC(=O)N(C)C(CN)C2CC2)cc1OC. The Morgan fingerprint density at radius 1 is 1.33 bits per heavy atom. The van der Waals surface area contributed by atoms with Crippen LogP contribution in [0.2, 0.25) is 0 Å². The summed E-state index contributed by atoms with van der Waals surface area (Å²) < 4.78 is 10.5. The molecule has 1 aliphatic carbocycles. The van der Waals surface area contributed by atoms with Crippen molar-refractivity contribution >= 4 is 5.91 Å². The number of nitrogens with zero attached hydrogens (tertiary/aromatic N) is 1. The minimum Gasteiger partial charge on any atom is -0.493 e. The normalized spacial score (nSPS) is 15.4. The van der Waals surface area contributed by atoms with E-state index in [0.717, 1.165) is 5.56 Å². The highest BCUT2D eigenvalue weighted by Gasteiger charge is 2.34. The van der Waals surface area contributed by atoms with E-state index in [1.165, 1.54) is 12.8 Å². The van der Waals surface area contributed by atoms with Gasteiger partial charge in [-0.1, -0.05) is 6.07 Å². The lowest BCUT2D eigenvalue weighted by molar-refractivity contribution is -0.131. The smallest absolute Gasteiger partial charge is 0.227 e. The standard InChI is InChI=1S/C16H24N2O3/c1-18(13(10-17)12-5-6-12)16(19)9-11-4-7-14(20-2)15(8-11)21-3/h4,7-8,12-13H,5-6,9-10,17H2,1-3H3. The van der Waals surface area contributed by atoms with Crippen LogP contribution in [0.15, 0.2) is 18.2 Å². The molecular weight excluding hydrogens is 268 g/mol. The van der Waals surface area contributed by atoms with Crippen molar-refractivity contribution in [2.45, 2.75) is 25.3 Å². The largest absolute Gasteiger partial charge is 0.493 e. The van der Waals surface area contributed by atoms with Crippen LogP contribution in [0, 0.1) is 5.92 Å². The van der Waals surface area contributed by atoms with Crippen molar-refractivity contribution in [1.29, 1.82) is 0 Å². The molecule has 2 rings (SSSR count). The highest BCUT2D eigenvalue weighted by Crippen LogP contribution is 2.35. The number of carbonyl (C=O) groups is 1. The highest BCUT2D eigenvalue weighted by molar-refractivity contribution is 5.79. The number of amides is 1. The van der Waals surface area contributed by atoms with Crippen LogP contribution in [0.3, 0.4) is 0 Å². The van der Waals surface area contributed by atoms with E-state index < -0.39 is 0 Å². The lowest BCUT2D eigenvalue weighted by atomic mass is 10.1. The summed E-state index contributed by atoms with van der Waals surface area (Å²) in [5, 5.41) is 0. The Morgan fingerprint density at radius 2 is 2.00 bits per heavy atom. The number of hydrogen-bond acceptors (Lipinski definition) is 4. The van der Waals surface area contributed by atoms with Gasteiger partial charge in [0.25, 0.3) is 0 Å². The van der Waals surface area contributed by atoms with Gasteiger partial charge in [-0.15, -0.1) is 0 Å². The fraction of sp³-hybridized carbons (Fsp3) is 0.562. The molecule has 0 spiro atoms. The molecule has 5 heteroatoms. The maximum Gasteiger partial charge on any atom is 0.227 e. The van der Waals surface area contributed by atoms with E-state index in [1.807, 2.05) is 25.2 Å². The van der Waals surface area contributed by atoms with Gasteiger partial charge in [0.15, 0.2) is 11.5 Å². The molecule has 2 N–H and O–H groups in total. The Kier molecular flexibility index (Phi) is 5.07. The van der Waals surface area contributed by atoms with E-state index in [2.05, 4.69) is 0 Å². The molecular formula is C16H24N2O3. The van der Waals surface area contributed by atoms with Crippen LogP contribution >= 0.6 is 0 Å². The summed E-state index contributed by atoms with van der Waals surface area (Å²) >= 11 is 0. The molecule has 1 amide bonds. The van der Waals surface area contributed by atoms with Crippen molar-refractivity contribution in [2.75, 3.05) is 27.8 Å². The summed E-state index contributed by atoms with van der Waals surface area (Å²) in [5.74, 6) is 1.97. The predicted molar refractivity (Wildman–Crippen MR) is 81.6 cm³/mol. The van der Waals surface area contributed by atoms with Gasteiger partial charge in [0.05, 0.1) is 20.6 Å². The summed E-state index contributed by atoms with van der Waals surface area (Å²) in [6.07, 6.45) is 2.70. The number of rotatable bonds is 7. The van der Waals surface area contributed by atoms with Gasteiger partial charge in [-0.2, -0.15) is 0 Å². The van der Waals surface area contributed by atoms with Crippen molar-refractivity contribution in [3.63, 3.8) is 0 Å². The predicted octanol–water partition coefficient (Wildman–Crippen LogP) is 1.44. The first-order valence-electron chi connectivity index (χ1n) is 7.27. The Balaban J connectivity index is 2.04. The number of ether oxygens (including phenoxy) is 2. The van der Waals surface area contributed by atoms with Crippen molar-refractivity contribution in [2.24, 2.45) is 11.7 Å². The van der Waals surface area contributed by atoms with Crippen LogP contribution in [0.25, 0.3) is 0 Å². The zero-order valence-electron chi connectivity index (χ0n) is 13.0. The minimum atomic E-state index is 0.0876. The van der Waals surface area contributed by atoms with Gasteiger partial charge >= 0.3 is 0 Å². The first kappa shape index (κ1) is 15.6. The molecule has 1 aliphatic rings. The molecule has 5 nitrogen and oxygen atoms in total.